The molecule has 164 valence electrons. The minimum Gasteiger partial charge on any atom is -0.464 e. The normalized spacial score (nSPS) is 11.3. The number of carbonyl (C=O) groups excluding carboxylic acids is 1. The Hall–Kier alpha value is -2.57. The van der Waals surface area contributed by atoms with E-state index in [1.165, 1.54) is 12.8 Å². The number of aliphatic imine (C=N–C) groups is 1. The molecule has 0 aromatic heterocycles. The molecule has 0 bridgehead atoms. The standard InChI is InChI=1S/C22H39N5O2/c1-2-3-4-5-6-7-8-9-10-11-12-13-14-15-16-17-20(28)29-19-18-26-22(25)27-21(23)24/h3-4,6-7,9-10H,2,5,8,11-19H2,1H3,(H6,23,24,25,26,27)/b4-3-,7-6-,10-9-. The van der Waals surface area contributed by atoms with Crippen LogP contribution in [0.2, 0.25) is 0 Å². The van der Waals surface area contributed by atoms with Crippen molar-refractivity contribution in [1.29, 1.82) is 5.41 Å². The summed E-state index contributed by atoms with van der Waals surface area (Å²) < 4.78 is 5.09. The third-order valence-electron chi connectivity index (χ3n) is 3.93. The van der Waals surface area contributed by atoms with Crippen LogP contribution in [0.3, 0.4) is 0 Å². The van der Waals surface area contributed by atoms with E-state index in [1.54, 1.807) is 0 Å². The number of hydrogen-bond donors (Lipinski definition) is 4. The fraction of sp³-hybridized carbons (Fsp3) is 0.591. The zero-order valence-electron chi connectivity index (χ0n) is 17.9. The first-order valence-corrected chi connectivity index (χ1v) is 10.6. The Morgan fingerprint density at radius 2 is 1.59 bits per heavy atom. The molecule has 0 aliphatic rings. The van der Waals surface area contributed by atoms with Crippen molar-refractivity contribution in [3.8, 4) is 0 Å². The molecule has 0 aliphatic heterocycles. The van der Waals surface area contributed by atoms with Crippen LogP contribution in [0.25, 0.3) is 0 Å². The summed E-state index contributed by atoms with van der Waals surface area (Å²) in [5.41, 5.74) is 10.3. The Kier molecular flexibility index (Phi) is 18.4. The minimum absolute atomic E-state index is 0.146. The van der Waals surface area contributed by atoms with Gasteiger partial charge in [-0.3, -0.25) is 10.2 Å². The highest BCUT2D eigenvalue weighted by Gasteiger charge is 2.02. The summed E-state index contributed by atoms with van der Waals surface area (Å²) >= 11 is 0. The van der Waals surface area contributed by atoms with Crippen LogP contribution in [-0.2, 0) is 9.53 Å². The van der Waals surface area contributed by atoms with Crippen molar-refractivity contribution in [3.63, 3.8) is 0 Å². The maximum Gasteiger partial charge on any atom is 0.305 e. The maximum atomic E-state index is 11.6. The SMILES string of the molecule is CC/C=C\C/C=C\C/C=C\CCCCCCCC(=O)OCCNC(=N)N=C(N)N. The number of rotatable bonds is 16. The third-order valence-corrected chi connectivity index (χ3v) is 3.93. The molecular weight excluding hydrogens is 366 g/mol. The summed E-state index contributed by atoms with van der Waals surface area (Å²) in [5.74, 6) is -0.535. The lowest BCUT2D eigenvalue weighted by atomic mass is 10.1. The fourth-order valence-corrected chi connectivity index (χ4v) is 2.46. The van der Waals surface area contributed by atoms with Crippen LogP contribution in [0.15, 0.2) is 41.4 Å². The number of hydrogen-bond acceptors (Lipinski definition) is 3. The highest BCUT2D eigenvalue weighted by Crippen LogP contribution is 2.08. The van der Waals surface area contributed by atoms with Crippen LogP contribution < -0.4 is 16.8 Å². The number of ether oxygens (including phenoxy) is 1. The summed E-state index contributed by atoms with van der Waals surface area (Å²) in [6.45, 7) is 2.64. The monoisotopic (exact) mass is 405 g/mol. The molecule has 0 unspecified atom stereocenters. The Bertz CT molecular complexity index is 549. The van der Waals surface area contributed by atoms with Crippen LogP contribution in [0.5, 0.6) is 0 Å². The first kappa shape index (κ1) is 26.4. The topological polar surface area (TPSA) is 127 Å². The van der Waals surface area contributed by atoms with E-state index in [0.29, 0.717) is 13.0 Å². The number of nitrogens with two attached hydrogens (primary N) is 2. The van der Waals surface area contributed by atoms with Gasteiger partial charge in [0.1, 0.15) is 6.61 Å². The van der Waals surface area contributed by atoms with E-state index in [4.69, 9.17) is 21.6 Å². The predicted octanol–water partition coefficient (Wildman–Crippen LogP) is 3.92. The van der Waals surface area contributed by atoms with Crippen molar-refractivity contribution in [1.82, 2.24) is 5.32 Å². The van der Waals surface area contributed by atoms with Crippen LogP contribution in [-0.4, -0.2) is 31.0 Å². The molecule has 0 rings (SSSR count). The molecule has 0 aliphatic carbocycles. The lowest BCUT2D eigenvalue weighted by Crippen LogP contribution is -2.31. The van der Waals surface area contributed by atoms with Crippen molar-refractivity contribution < 1.29 is 9.53 Å². The number of guanidine groups is 2. The Morgan fingerprint density at radius 3 is 2.28 bits per heavy atom. The molecule has 0 radical (unpaired) electrons. The summed E-state index contributed by atoms with van der Waals surface area (Å²) in [6, 6.07) is 0. The number of esters is 1. The van der Waals surface area contributed by atoms with Gasteiger partial charge in [0.2, 0.25) is 5.96 Å². The van der Waals surface area contributed by atoms with Gasteiger partial charge in [-0.25, -0.2) is 0 Å². The molecule has 7 nitrogen and oxygen atoms in total. The molecular formula is C22H39N5O2. The highest BCUT2D eigenvalue weighted by atomic mass is 16.5. The quantitative estimate of drug-likeness (QED) is 0.102. The van der Waals surface area contributed by atoms with Crippen molar-refractivity contribution in [2.45, 2.75) is 71.1 Å². The van der Waals surface area contributed by atoms with Gasteiger partial charge in [0.05, 0.1) is 6.54 Å². The number of unbranched alkanes of at least 4 members (excludes halogenated alkanes) is 5. The molecule has 7 heteroatoms. The van der Waals surface area contributed by atoms with Crippen LogP contribution in [0, 0.1) is 5.41 Å². The smallest absolute Gasteiger partial charge is 0.305 e. The van der Waals surface area contributed by atoms with E-state index in [2.05, 4.69) is 53.7 Å². The lowest BCUT2D eigenvalue weighted by molar-refractivity contribution is -0.143. The molecule has 6 N–H and O–H groups in total. The van der Waals surface area contributed by atoms with Crippen LogP contribution in [0.4, 0.5) is 0 Å². The summed E-state index contributed by atoms with van der Waals surface area (Å²) in [6.07, 6.45) is 23.4. The lowest BCUT2D eigenvalue weighted by Gasteiger charge is -2.06. The second-order valence-corrected chi connectivity index (χ2v) is 6.63. The van der Waals surface area contributed by atoms with Gasteiger partial charge in [-0.15, -0.1) is 0 Å². The summed E-state index contributed by atoms with van der Waals surface area (Å²) in [5, 5.41) is 10.0. The average Bonchev–Trinajstić information content (AvgIpc) is 2.67. The molecule has 0 amide bonds. The van der Waals surface area contributed by atoms with E-state index in [1.807, 2.05) is 0 Å². The van der Waals surface area contributed by atoms with Crippen molar-refractivity contribution in [2.24, 2.45) is 16.5 Å². The zero-order valence-corrected chi connectivity index (χ0v) is 17.9. The second-order valence-electron chi connectivity index (χ2n) is 6.63. The van der Waals surface area contributed by atoms with Gasteiger partial charge < -0.3 is 21.5 Å². The second kappa shape index (κ2) is 20.2. The Morgan fingerprint density at radius 1 is 0.966 bits per heavy atom. The van der Waals surface area contributed by atoms with Gasteiger partial charge in [0.25, 0.3) is 0 Å². The first-order valence-electron chi connectivity index (χ1n) is 10.6. The van der Waals surface area contributed by atoms with Gasteiger partial charge in [-0.05, 0) is 38.5 Å². The Labute approximate surface area is 175 Å². The van der Waals surface area contributed by atoms with E-state index >= 15 is 0 Å². The Balaban J connectivity index is 3.42. The average molecular weight is 406 g/mol. The number of nitrogens with one attached hydrogen (secondary N) is 2. The minimum atomic E-state index is -0.207. The molecule has 0 aromatic rings. The van der Waals surface area contributed by atoms with Crippen molar-refractivity contribution in [2.75, 3.05) is 13.2 Å². The molecule has 29 heavy (non-hydrogen) atoms. The zero-order chi connectivity index (χ0) is 21.6. The van der Waals surface area contributed by atoms with Crippen molar-refractivity contribution in [3.05, 3.63) is 36.5 Å². The molecule has 0 atom stereocenters. The highest BCUT2D eigenvalue weighted by molar-refractivity contribution is 5.91. The van der Waals surface area contributed by atoms with Crippen molar-refractivity contribution >= 4 is 17.9 Å². The van der Waals surface area contributed by atoms with Gasteiger partial charge in [-0.2, -0.15) is 4.99 Å². The van der Waals surface area contributed by atoms with E-state index < -0.39 is 0 Å². The predicted molar refractivity (Wildman–Crippen MR) is 122 cm³/mol. The van der Waals surface area contributed by atoms with Crippen LogP contribution >= 0.6 is 0 Å². The van der Waals surface area contributed by atoms with Gasteiger partial charge in [0.15, 0.2) is 5.96 Å². The molecule has 0 saturated heterocycles. The third kappa shape index (κ3) is 21.6. The van der Waals surface area contributed by atoms with Crippen LogP contribution in [0.1, 0.15) is 71.1 Å². The first-order chi connectivity index (χ1) is 14.1. The van der Waals surface area contributed by atoms with E-state index in [0.717, 1.165) is 44.9 Å². The summed E-state index contributed by atoms with van der Waals surface area (Å²) in [4.78, 5) is 15.1. The molecule has 0 saturated carbocycles. The number of allylic oxidation sites excluding steroid dienone is 6. The number of nitrogens with zero attached hydrogens (tertiary/aromatic N) is 1. The molecule has 0 fully saturated rings. The van der Waals surface area contributed by atoms with Gasteiger partial charge in [-0.1, -0.05) is 62.6 Å². The fourth-order valence-electron chi connectivity index (χ4n) is 2.46. The molecule has 0 aromatic carbocycles. The molecule has 0 spiro atoms. The maximum absolute atomic E-state index is 11.6. The van der Waals surface area contributed by atoms with Gasteiger partial charge >= 0.3 is 5.97 Å². The largest absolute Gasteiger partial charge is 0.464 e. The summed E-state index contributed by atoms with van der Waals surface area (Å²) in [7, 11) is 0. The van der Waals surface area contributed by atoms with E-state index in [9.17, 15) is 4.79 Å². The molecule has 0 heterocycles. The van der Waals surface area contributed by atoms with Gasteiger partial charge in [0, 0.05) is 6.42 Å². The number of carbonyl (C=O) groups is 1. The van der Waals surface area contributed by atoms with E-state index in [-0.39, 0.29) is 24.5 Å².